The summed E-state index contributed by atoms with van der Waals surface area (Å²) in [5.74, 6) is 0.786. The Kier molecular flexibility index (Phi) is 4.89. The molecule has 1 aromatic rings. The Bertz CT molecular complexity index is 596. The molecule has 2 aliphatic heterocycles. The number of amides is 3. The van der Waals surface area contributed by atoms with Gasteiger partial charge in [-0.25, -0.2) is 4.79 Å². The van der Waals surface area contributed by atoms with Gasteiger partial charge in [0.1, 0.15) is 5.75 Å². The number of likely N-dealkylation sites (N-methyl/N-ethyl adjacent to an activating group) is 1. The second-order valence-electron chi connectivity index (χ2n) is 6.34. The average molecular weight is 332 g/mol. The van der Waals surface area contributed by atoms with Crippen LogP contribution in [0.5, 0.6) is 5.75 Å². The van der Waals surface area contributed by atoms with Crippen LogP contribution in [0.15, 0.2) is 24.3 Å². The van der Waals surface area contributed by atoms with Crippen molar-refractivity contribution in [2.24, 2.45) is 0 Å². The van der Waals surface area contributed by atoms with Crippen LogP contribution >= 0.6 is 0 Å². The maximum Gasteiger partial charge on any atom is 0.317 e. The van der Waals surface area contributed by atoms with Gasteiger partial charge in [0, 0.05) is 44.8 Å². The Morgan fingerprint density at radius 1 is 1.17 bits per heavy atom. The Morgan fingerprint density at radius 2 is 1.83 bits per heavy atom. The van der Waals surface area contributed by atoms with Crippen LogP contribution in [-0.2, 0) is 4.79 Å². The minimum Gasteiger partial charge on any atom is -0.497 e. The first-order valence-corrected chi connectivity index (χ1v) is 8.25. The number of ether oxygens (including phenoxy) is 1. The zero-order valence-corrected chi connectivity index (χ0v) is 14.2. The molecule has 130 valence electrons. The molecular formula is C17H24N4O3. The molecule has 0 radical (unpaired) electrons. The average Bonchev–Trinajstić information content (AvgIpc) is 2.95. The van der Waals surface area contributed by atoms with Gasteiger partial charge in [-0.15, -0.1) is 0 Å². The Hall–Kier alpha value is -2.28. The first-order valence-electron chi connectivity index (χ1n) is 8.25. The third-order valence-corrected chi connectivity index (χ3v) is 4.63. The van der Waals surface area contributed by atoms with Gasteiger partial charge in [-0.3, -0.25) is 4.79 Å². The lowest BCUT2D eigenvalue weighted by molar-refractivity contribution is -0.117. The molecule has 7 heteroatoms. The Labute approximate surface area is 142 Å². The van der Waals surface area contributed by atoms with Crippen LogP contribution in [0, 0.1) is 0 Å². The van der Waals surface area contributed by atoms with E-state index in [4.69, 9.17) is 4.74 Å². The monoisotopic (exact) mass is 332 g/mol. The maximum absolute atomic E-state index is 12.3. The van der Waals surface area contributed by atoms with E-state index in [9.17, 15) is 9.59 Å². The third kappa shape index (κ3) is 3.62. The molecular weight excluding hydrogens is 308 g/mol. The fourth-order valence-electron chi connectivity index (χ4n) is 3.09. The molecule has 7 nitrogen and oxygen atoms in total. The fraction of sp³-hybridized carbons (Fsp3) is 0.529. The number of methoxy groups -OCH3 is 1. The standard InChI is InChI=1S/C17H24N4O3/c1-19-7-9-20(10-8-19)17(23)18-13-11-16(22)21(12-13)14-3-5-15(24-2)6-4-14/h3-6,13H,7-12H2,1-2H3,(H,18,23). The number of urea groups is 1. The Balaban J connectivity index is 1.57. The van der Waals surface area contributed by atoms with Gasteiger partial charge in [0.15, 0.2) is 0 Å². The van der Waals surface area contributed by atoms with E-state index in [2.05, 4.69) is 17.3 Å². The summed E-state index contributed by atoms with van der Waals surface area (Å²) in [4.78, 5) is 30.3. The zero-order valence-electron chi connectivity index (χ0n) is 14.2. The second-order valence-corrected chi connectivity index (χ2v) is 6.34. The predicted molar refractivity (Wildman–Crippen MR) is 91.4 cm³/mol. The first-order chi connectivity index (χ1) is 11.6. The largest absolute Gasteiger partial charge is 0.497 e. The lowest BCUT2D eigenvalue weighted by atomic mass is 10.2. The zero-order chi connectivity index (χ0) is 17.1. The van der Waals surface area contributed by atoms with Crippen molar-refractivity contribution in [2.45, 2.75) is 12.5 Å². The highest BCUT2D eigenvalue weighted by Crippen LogP contribution is 2.24. The SMILES string of the molecule is COc1ccc(N2CC(NC(=O)N3CCN(C)CC3)CC2=O)cc1. The number of benzene rings is 1. The van der Waals surface area contributed by atoms with Crippen molar-refractivity contribution in [1.29, 1.82) is 0 Å². The lowest BCUT2D eigenvalue weighted by Gasteiger charge is -2.33. The summed E-state index contributed by atoms with van der Waals surface area (Å²) in [5.41, 5.74) is 0.831. The molecule has 0 bridgehead atoms. The number of hydrogen-bond donors (Lipinski definition) is 1. The van der Waals surface area contributed by atoms with Gasteiger partial charge in [-0.1, -0.05) is 0 Å². The summed E-state index contributed by atoms with van der Waals surface area (Å²) in [6, 6.07) is 7.17. The third-order valence-electron chi connectivity index (χ3n) is 4.63. The van der Waals surface area contributed by atoms with Crippen LogP contribution in [0.4, 0.5) is 10.5 Å². The van der Waals surface area contributed by atoms with E-state index < -0.39 is 0 Å². The van der Waals surface area contributed by atoms with E-state index in [1.807, 2.05) is 29.2 Å². The van der Waals surface area contributed by atoms with Crippen molar-refractivity contribution in [3.8, 4) is 5.75 Å². The summed E-state index contributed by atoms with van der Waals surface area (Å²) in [7, 11) is 3.66. The number of anilines is 1. The van der Waals surface area contributed by atoms with Crippen LogP contribution < -0.4 is 15.0 Å². The number of carbonyl (C=O) groups is 2. The summed E-state index contributed by atoms with van der Waals surface area (Å²) < 4.78 is 5.14. The number of nitrogens with one attached hydrogen (secondary N) is 1. The molecule has 1 unspecified atom stereocenters. The van der Waals surface area contributed by atoms with Crippen LogP contribution in [0.25, 0.3) is 0 Å². The van der Waals surface area contributed by atoms with E-state index in [0.29, 0.717) is 13.0 Å². The topological polar surface area (TPSA) is 65.1 Å². The molecule has 2 fully saturated rings. The van der Waals surface area contributed by atoms with Crippen molar-refractivity contribution in [1.82, 2.24) is 15.1 Å². The van der Waals surface area contributed by atoms with Gasteiger partial charge in [-0.05, 0) is 31.3 Å². The molecule has 24 heavy (non-hydrogen) atoms. The molecule has 3 rings (SSSR count). The molecule has 0 spiro atoms. The molecule has 0 aliphatic carbocycles. The highest BCUT2D eigenvalue weighted by molar-refractivity contribution is 5.96. The lowest BCUT2D eigenvalue weighted by Crippen LogP contribution is -2.52. The quantitative estimate of drug-likeness (QED) is 0.887. The van der Waals surface area contributed by atoms with Crippen LogP contribution in [0.1, 0.15) is 6.42 Å². The van der Waals surface area contributed by atoms with E-state index >= 15 is 0 Å². The number of carbonyl (C=O) groups excluding carboxylic acids is 2. The van der Waals surface area contributed by atoms with Gasteiger partial charge in [0.2, 0.25) is 5.91 Å². The molecule has 1 atom stereocenters. The van der Waals surface area contributed by atoms with Crippen molar-refractivity contribution in [3.63, 3.8) is 0 Å². The van der Waals surface area contributed by atoms with Gasteiger partial charge in [-0.2, -0.15) is 0 Å². The molecule has 3 amide bonds. The first kappa shape index (κ1) is 16.6. The van der Waals surface area contributed by atoms with E-state index in [-0.39, 0.29) is 18.0 Å². The van der Waals surface area contributed by atoms with Gasteiger partial charge < -0.3 is 24.8 Å². The van der Waals surface area contributed by atoms with Gasteiger partial charge in [0.25, 0.3) is 0 Å². The Morgan fingerprint density at radius 3 is 2.46 bits per heavy atom. The van der Waals surface area contributed by atoms with Crippen LogP contribution in [-0.4, -0.2) is 74.7 Å². The number of rotatable bonds is 3. The van der Waals surface area contributed by atoms with Crippen molar-refractivity contribution in [3.05, 3.63) is 24.3 Å². The predicted octanol–water partition coefficient (Wildman–Crippen LogP) is 0.758. The van der Waals surface area contributed by atoms with Gasteiger partial charge >= 0.3 is 6.03 Å². The summed E-state index contributed by atoms with van der Waals surface area (Å²) in [6.45, 7) is 3.73. The fourth-order valence-corrected chi connectivity index (χ4v) is 3.09. The van der Waals surface area contributed by atoms with Crippen LogP contribution in [0.2, 0.25) is 0 Å². The second kappa shape index (κ2) is 7.09. The van der Waals surface area contributed by atoms with Gasteiger partial charge in [0.05, 0.1) is 13.2 Å². The maximum atomic E-state index is 12.3. The molecule has 1 N–H and O–H groups in total. The summed E-state index contributed by atoms with van der Waals surface area (Å²) in [6.07, 6.45) is 0.339. The molecule has 2 saturated heterocycles. The highest BCUT2D eigenvalue weighted by Gasteiger charge is 2.32. The van der Waals surface area contributed by atoms with Crippen molar-refractivity contribution in [2.75, 3.05) is 51.8 Å². The molecule has 2 aliphatic rings. The minimum absolute atomic E-state index is 0.0313. The van der Waals surface area contributed by atoms with Crippen molar-refractivity contribution >= 4 is 17.6 Å². The number of piperazine rings is 1. The number of hydrogen-bond acceptors (Lipinski definition) is 4. The number of nitrogens with zero attached hydrogens (tertiary/aromatic N) is 3. The molecule has 1 aromatic carbocycles. The summed E-state index contributed by atoms with van der Waals surface area (Å²) in [5, 5.41) is 3.00. The van der Waals surface area contributed by atoms with E-state index in [1.165, 1.54) is 0 Å². The highest BCUT2D eigenvalue weighted by atomic mass is 16.5. The molecule has 0 aromatic heterocycles. The smallest absolute Gasteiger partial charge is 0.317 e. The molecule has 2 heterocycles. The van der Waals surface area contributed by atoms with Crippen molar-refractivity contribution < 1.29 is 14.3 Å². The normalized spacial score (nSPS) is 21.9. The minimum atomic E-state index is -0.147. The summed E-state index contributed by atoms with van der Waals surface area (Å²) >= 11 is 0. The molecule has 0 saturated carbocycles. The van der Waals surface area contributed by atoms with Crippen LogP contribution in [0.3, 0.4) is 0 Å². The van der Waals surface area contributed by atoms with E-state index in [1.54, 1.807) is 12.0 Å². The van der Waals surface area contributed by atoms with E-state index in [0.717, 1.165) is 37.6 Å².